The van der Waals surface area contributed by atoms with Crippen molar-refractivity contribution < 1.29 is 26.8 Å². The highest BCUT2D eigenvalue weighted by molar-refractivity contribution is 7.89. The standard InChI is InChI=1S/C19H20ClF2N3O4S/c1-10(2)25-30(28,29)12-5-6-14(20)13(9-12)18(26)24-17(19(27)23-3)11-4-7-15(21)16(22)8-11/h4-10,17,25H,1-3H3,(H,23,27)(H,24,26). The maximum Gasteiger partial charge on any atom is 0.253 e. The number of benzene rings is 2. The molecular formula is C19H20ClF2N3O4S. The van der Waals surface area contributed by atoms with E-state index in [-0.39, 0.29) is 27.1 Å². The maximum absolute atomic E-state index is 13.6. The highest BCUT2D eigenvalue weighted by atomic mass is 35.5. The van der Waals surface area contributed by atoms with Crippen molar-refractivity contribution in [3.63, 3.8) is 0 Å². The number of carbonyl (C=O) groups is 2. The van der Waals surface area contributed by atoms with Gasteiger partial charge >= 0.3 is 0 Å². The van der Waals surface area contributed by atoms with Crippen LogP contribution in [0.5, 0.6) is 0 Å². The summed E-state index contributed by atoms with van der Waals surface area (Å²) in [5.41, 5.74) is -0.220. The summed E-state index contributed by atoms with van der Waals surface area (Å²) in [7, 11) is -2.60. The van der Waals surface area contributed by atoms with Crippen molar-refractivity contribution in [1.29, 1.82) is 0 Å². The first kappa shape index (κ1) is 23.7. The highest BCUT2D eigenvalue weighted by Gasteiger charge is 2.26. The molecule has 3 N–H and O–H groups in total. The highest BCUT2D eigenvalue weighted by Crippen LogP contribution is 2.23. The van der Waals surface area contributed by atoms with Crippen molar-refractivity contribution in [3.05, 3.63) is 64.2 Å². The number of sulfonamides is 1. The molecule has 0 aliphatic carbocycles. The number of nitrogens with one attached hydrogen (secondary N) is 3. The smallest absolute Gasteiger partial charge is 0.253 e. The molecule has 0 spiro atoms. The van der Waals surface area contributed by atoms with Gasteiger partial charge in [0, 0.05) is 13.1 Å². The lowest BCUT2D eigenvalue weighted by Crippen LogP contribution is -2.39. The first-order chi connectivity index (χ1) is 14.0. The van der Waals surface area contributed by atoms with Crippen LogP contribution in [0.3, 0.4) is 0 Å². The monoisotopic (exact) mass is 459 g/mol. The molecule has 162 valence electrons. The molecule has 2 aromatic carbocycles. The fourth-order valence-electron chi connectivity index (χ4n) is 2.57. The van der Waals surface area contributed by atoms with Crippen LogP contribution in [0, 0.1) is 11.6 Å². The van der Waals surface area contributed by atoms with Gasteiger partial charge in [-0.1, -0.05) is 17.7 Å². The molecule has 2 amide bonds. The Labute approximate surface area is 177 Å². The lowest BCUT2D eigenvalue weighted by molar-refractivity contribution is -0.122. The molecule has 1 unspecified atom stereocenters. The molecule has 1 atom stereocenters. The Bertz CT molecular complexity index is 1080. The van der Waals surface area contributed by atoms with E-state index in [4.69, 9.17) is 11.6 Å². The van der Waals surface area contributed by atoms with Crippen LogP contribution in [0.4, 0.5) is 8.78 Å². The molecule has 11 heteroatoms. The minimum atomic E-state index is -3.90. The van der Waals surface area contributed by atoms with Gasteiger partial charge < -0.3 is 10.6 Å². The fraction of sp³-hybridized carbons (Fsp3) is 0.263. The SMILES string of the molecule is CNC(=O)C(NC(=O)c1cc(S(=O)(=O)NC(C)C)ccc1Cl)c1ccc(F)c(F)c1. The zero-order valence-corrected chi connectivity index (χ0v) is 17.9. The zero-order chi connectivity index (χ0) is 22.6. The predicted octanol–water partition coefficient (Wildman–Crippen LogP) is 2.52. The van der Waals surface area contributed by atoms with Crippen LogP contribution >= 0.6 is 11.6 Å². The summed E-state index contributed by atoms with van der Waals surface area (Å²) >= 11 is 6.05. The van der Waals surface area contributed by atoms with E-state index in [0.717, 1.165) is 24.3 Å². The van der Waals surface area contributed by atoms with Crippen LogP contribution in [0.1, 0.15) is 35.8 Å². The summed E-state index contributed by atoms with van der Waals surface area (Å²) in [5, 5.41) is 4.63. The second kappa shape index (κ2) is 9.50. The van der Waals surface area contributed by atoms with Gasteiger partial charge in [0.25, 0.3) is 5.91 Å². The van der Waals surface area contributed by atoms with Crippen LogP contribution < -0.4 is 15.4 Å². The molecule has 30 heavy (non-hydrogen) atoms. The number of rotatable bonds is 7. The molecule has 0 radical (unpaired) electrons. The molecule has 2 aromatic rings. The quantitative estimate of drug-likeness (QED) is 0.591. The Kier molecular flexibility index (Phi) is 7.51. The van der Waals surface area contributed by atoms with E-state index in [2.05, 4.69) is 15.4 Å². The van der Waals surface area contributed by atoms with E-state index in [1.54, 1.807) is 13.8 Å². The van der Waals surface area contributed by atoms with Gasteiger partial charge in [0.15, 0.2) is 11.6 Å². The van der Waals surface area contributed by atoms with Gasteiger partial charge in [-0.25, -0.2) is 21.9 Å². The molecular weight excluding hydrogens is 440 g/mol. The molecule has 0 saturated carbocycles. The molecule has 0 fully saturated rings. The number of amides is 2. The van der Waals surface area contributed by atoms with Crippen LogP contribution in [0.25, 0.3) is 0 Å². The Morgan fingerprint density at radius 3 is 2.27 bits per heavy atom. The van der Waals surface area contributed by atoms with E-state index in [1.165, 1.54) is 19.2 Å². The third kappa shape index (κ3) is 5.53. The second-order valence-electron chi connectivity index (χ2n) is 6.61. The summed E-state index contributed by atoms with van der Waals surface area (Å²) in [4.78, 5) is 24.8. The third-order valence-electron chi connectivity index (χ3n) is 3.94. The van der Waals surface area contributed by atoms with E-state index in [0.29, 0.717) is 0 Å². The average molecular weight is 460 g/mol. The van der Waals surface area contributed by atoms with Gasteiger partial charge in [-0.2, -0.15) is 0 Å². The molecule has 2 rings (SSSR count). The minimum absolute atomic E-state index is 0.0111. The van der Waals surface area contributed by atoms with Crippen LogP contribution in [0.2, 0.25) is 5.02 Å². The molecule has 7 nitrogen and oxygen atoms in total. The summed E-state index contributed by atoms with van der Waals surface area (Å²) < 4.78 is 54.0. The fourth-order valence-corrected chi connectivity index (χ4v) is 4.05. The van der Waals surface area contributed by atoms with Crippen LogP contribution in [0.15, 0.2) is 41.3 Å². The molecule has 0 heterocycles. The average Bonchev–Trinajstić information content (AvgIpc) is 2.66. The summed E-state index contributed by atoms with van der Waals surface area (Å²) in [6.45, 7) is 3.27. The maximum atomic E-state index is 13.6. The normalized spacial score (nSPS) is 12.5. The molecule has 0 aliphatic heterocycles. The van der Waals surface area contributed by atoms with Crippen molar-refractivity contribution >= 4 is 33.4 Å². The van der Waals surface area contributed by atoms with Gasteiger partial charge in [-0.3, -0.25) is 9.59 Å². The Balaban J connectivity index is 2.41. The molecule has 0 aromatic heterocycles. The number of halogens is 3. The van der Waals surface area contributed by atoms with E-state index in [9.17, 15) is 26.8 Å². The van der Waals surface area contributed by atoms with E-state index >= 15 is 0 Å². The number of hydrogen-bond donors (Lipinski definition) is 3. The minimum Gasteiger partial charge on any atom is -0.357 e. The Morgan fingerprint density at radius 1 is 1.03 bits per heavy atom. The lowest BCUT2D eigenvalue weighted by atomic mass is 10.0. The summed E-state index contributed by atoms with van der Waals surface area (Å²) in [6, 6.07) is 4.53. The van der Waals surface area contributed by atoms with Gasteiger partial charge in [0.05, 0.1) is 15.5 Å². The van der Waals surface area contributed by atoms with Crippen molar-refractivity contribution in [2.75, 3.05) is 7.05 Å². The summed E-state index contributed by atoms with van der Waals surface area (Å²) in [5.74, 6) is -3.88. The first-order valence-corrected chi connectivity index (χ1v) is 10.6. The third-order valence-corrected chi connectivity index (χ3v) is 5.93. The lowest BCUT2D eigenvalue weighted by Gasteiger charge is -2.19. The van der Waals surface area contributed by atoms with Crippen LogP contribution in [-0.2, 0) is 14.8 Å². The van der Waals surface area contributed by atoms with Crippen molar-refractivity contribution in [3.8, 4) is 0 Å². The number of carbonyl (C=O) groups excluding carboxylic acids is 2. The van der Waals surface area contributed by atoms with Crippen LogP contribution in [-0.4, -0.2) is 33.3 Å². The van der Waals surface area contributed by atoms with Crippen molar-refractivity contribution in [2.24, 2.45) is 0 Å². The number of likely N-dealkylation sites (N-methyl/N-ethyl adjacent to an activating group) is 1. The van der Waals surface area contributed by atoms with E-state index in [1.807, 2.05) is 0 Å². The van der Waals surface area contributed by atoms with Gasteiger partial charge in [0.2, 0.25) is 15.9 Å². The van der Waals surface area contributed by atoms with Gasteiger partial charge in [0.1, 0.15) is 6.04 Å². The Hall–Kier alpha value is -2.56. The van der Waals surface area contributed by atoms with Crippen molar-refractivity contribution in [2.45, 2.75) is 30.8 Å². The topological polar surface area (TPSA) is 104 Å². The molecule has 0 saturated heterocycles. The molecule has 0 bridgehead atoms. The first-order valence-electron chi connectivity index (χ1n) is 8.75. The zero-order valence-electron chi connectivity index (χ0n) is 16.3. The molecule has 0 aliphatic rings. The number of hydrogen-bond acceptors (Lipinski definition) is 4. The van der Waals surface area contributed by atoms with E-state index < -0.39 is 39.5 Å². The van der Waals surface area contributed by atoms with Gasteiger partial charge in [-0.15, -0.1) is 0 Å². The van der Waals surface area contributed by atoms with Crippen molar-refractivity contribution in [1.82, 2.24) is 15.4 Å². The van der Waals surface area contributed by atoms with Gasteiger partial charge in [-0.05, 0) is 49.7 Å². The predicted molar refractivity (Wildman–Crippen MR) is 108 cm³/mol. The summed E-state index contributed by atoms with van der Waals surface area (Å²) in [6.07, 6.45) is 0. The largest absolute Gasteiger partial charge is 0.357 e. The second-order valence-corrected chi connectivity index (χ2v) is 8.73. The Morgan fingerprint density at radius 2 is 1.70 bits per heavy atom.